The summed E-state index contributed by atoms with van der Waals surface area (Å²) in [5, 5.41) is 0.663. The number of halogens is 1. The molecule has 98 valence electrons. The van der Waals surface area contributed by atoms with Gasteiger partial charge >= 0.3 is 0 Å². The molecular formula is C15H14ClNO2. The maximum atomic E-state index is 5.91. The van der Waals surface area contributed by atoms with Crippen molar-refractivity contribution in [1.82, 2.24) is 0 Å². The Hall–Kier alpha value is -2.00. The highest BCUT2D eigenvalue weighted by atomic mass is 35.5. The van der Waals surface area contributed by atoms with Gasteiger partial charge in [0.1, 0.15) is 11.5 Å². The van der Waals surface area contributed by atoms with E-state index in [1.54, 1.807) is 26.5 Å². The second kappa shape index (κ2) is 6.25. The van der Waals surface area contributed by atoms with E-state index in [1.807, 2.05) is 36.4 Å². The first-order valence-corrected chi connectivity index (χ1v) is 6.12. The quantitative estimate of drug-likeness (QED) is 0.786. The summed E-state index contributed by atoms with van der Waals surface area (Å²) in [6, 6.07) is 12.9. The van der Waals surface area contributed by atoms with E-state index >= 15 is 0 Å². The van der Waals surface area contributed by atoms with Crippen molar-refractivity contribution in [3.8, 4) is 11.5 Å². The maximum absolute atomic E-state index is 5.91. The van der Waals surface area contributed by atoms with Crippen LogP contribution in [0.5, 0.6) is 11.5 Å². The number of nitrogens with zero attached hydrogens (tertiary/aromatic N) is 1. The molecule has 0 fully saturated rings. The van der Waals surface area contributed by atoms with Crippen LogP contribution in [0.4, 0.5) is 5.69 Å². The van der Waals surface area contributed by atoms with Gasteiger partial charge in [-0.05, 0) is 30.3 Å². The van der Waals surface area contributed by atoms with Crippen LogP contribution in [0.2, 0.25) is 5.02 Å². The minimum atomic E-state index is 0.663. The molecule has 0 aliphatic carbocycles. The maximum Gasteiger partial charge on any atom is 0.131 e. The van der Waals surface area contributed by atoms with Gasteiger partial charge in [-0.2, -0.15) is 0 Å². The van der Waals surface area contributed by atoms with Gasteiger partial charge in [0, 0.05) is 22.9 Å². The zero-order chi connectivity index (χ0) is 13.7. The number of aliphatic imine (C=N–C) groups is 1. The van der Waals surface area contributed by atoms with Gasteiger partial charge < -0.3 is 9.47 Å². The van der Waals surface area contributed by atoms with Gasteiger partial charge in [0.2, 0.25) is 0 Å². The van der Waals surface area contributed by atoms with Gasteiger partial charge in [-0.15, -0.1) is 0 Å². The van der Waals surface area contributed by atoms with Crippen LogP contribution in [0, 0.1) is 0 Å². The monoisotopic (exact) mass is 275 g/mol. The molecule has 0 saturated carbocycles. The van der Waals surface area contributed by atoms with Gasteiger partial charge in [-0.25, -0.2) is 0 Å². The minimum Gasteiger partial charge on any atom is -0.497 e. The van der Waals surface area contributed by atoms with Gasteiger partial charge in [0.05, 0.1) is 19.9 Å². The SMILES string of the molecule is COc1ccc(C=Nc2cccc(Cl)c2)c(OC)c1. The van der Waals surface area contributed by atoms with E-state index in [2.05, 4.69) is 4.99 Å². The Labute approximate surface area is 117 Å². The Bertz CT molecular complexity index is 596. The lowest BCUT2D eigenvalue weighted by molar-refractivity contribution is 0.394. The Kier molecular flexibility index (Phi) is 4.42. The number of hydrogen-bond donors (Lipinski definition) is 0. The van der Waals surface area contributed by atoms with Crippen molar-refractivity contribution in [2.75, 3.05) is 14.2 Å². The van der Waals surface area contributed by atoms with E-state index < -0.39 is 0 Å². The molecule has 0 amide bonds. The summed E-state index contributed by atoms with van der Waals surface area (Å²) in [6.07, 6.45) is 1.74. The highest BCUT2D eigenvalue weighted by Crippen LogP contribution is 2.24. The van der Waals surface area contributed by atoms with Crippen LogP contribution in [0.1, 0.15) is 5.56 Å². The van der Waals surface area contributed by atoms with Gasteiger partial charge in [-0.3, -0.25) is 4.99 Å². The van der Waals surface area contributed by atoms with E-state index in [0.717, 1.165) is 17.0 Å². The van der Waals surface area contributed by atoms with Crippen LogP contribution in [0.15, 0.2) is 47.5 Å². The first-order valence-electron chi connectivity index (χ1n) is 5.74. The number of ether oxygens (including phenoxy) is 2. The molecule has 0 aliphatic heterocycles. The molecule has 4 heteroatoms. The topological polar surface area (TPSA) is 30.8 Å². The molecule has 2 rings (SSSR count). The molecule has 0 atom stereocenters. The highest BCUT2D eigenvalue weighted by molar-refractivity contribution is 6.30. The molecule has 0 unspecified atom stereocenters. The average molecular weight is 276 g/mol. The van der Waals surface area contributed by atoms with Crippen molar-refractivity contribution in [1.29, 1.82) is 0 Å². The summed E-state index contributed by atoms with van der Waals surface area (Å²) < 4.78 is 10.5. The summed E-state index contributed by atoms with van der Waals surface area (Å²) in [5.41, 5.74) is 1.67. The first-order chi connectivity index (χ1) is 9.22. The fourth-order valence-corrected chi connectivity index (χ4v) is 1.81. The van der Waals surface area contributed by atoms with Crippen molar-refractivity contribution in [2.24, 2.45) is 4.99 Å². The molecule has 2 aromatic rings. The van der Waals surface area contributed by atoms with Crippen LogP contribution in [0.3, 0.4) is 0 Å². The summed E-state index contributed by atoms with van der Waals surface area (Å²) in [7, 11) is 3.24. The van der Waals surface area contributed by atoms with Crippen LogP contribution in [-0.4, -0.2) is 20.4 Å². The lowest BCUT2D eigenvalue weighted by atomic mass is 10.2. The molecule has 0 aliphatic rings. The lowest BCUT2D eigenvalue weighted by Gasteiger charge is -2.06. The highest BCUT2D eigenvalue weighted by Gasteiger charge is 2.02. The van der Waals surface area contributed by atoms with Crippen molar-refractivity contribution < 1.29 is 9.47 Å². The molecule has 2 aromatic carbocycles. The number of benzene rings is 2. The Morgan fingerprint density at radius 1 is 1.05 bits per heavy atom. The predicted octanol–water partition coefficient (Wildman–Crippen LogP) is 4.11. The third-order valence-electron chi connectivity index (χ3n) is 2.60. The summed E-state index contributed by atoms with van der Waals surface area (Å²) in [5.74, 6) is 1.46. The number of rotatable bonds is 4. The summed E-state index contributed by atoms with van der Waals surface area (Å²) in [4.78, 5) is 4.37. The molecule has 0 radical (unpaired) electrons. The van der Waals surface area contributed by atoms with Crippen molar-refractivity contribution >= 4 is 23.5 Å². The third kappa shape index (κ3) is 3.48. The fraction of sp³-hybridized carbons (Fsp3) is 0.133. The Balaban J connectivity index is 2.27. The number of hydrogen-bond acceptors (Lipinski definition) is 3. The Morgan fingerprint density at radius 2 is 1.89 bits per heavy atom. The van der Waals surface area contributed by atoms with E-state index in [4.69, 9.17) is 21.1 Å². The van der Waals surface area contributed by atoms with Crippen molar-refractivity contribution in [3.63, 3.8) is 0 Å². The molecule has 0 bridgehead atoms. The van der Waals surface area contributed by atoms with Gasteiger partial charge in [0.25, 0.3) is 0 Å². The largest absolute Gasteiger partial charge is 0.497 e. The molecule has 0 N–H and O–H groups in total. The molecule has 0 saturated heterocycles. The molecule has 0 heterocycles. The standard InChI is InChI=1S/C15H14ClNO2/c1-18-14-7-6-11(15(9-14)19-2)10-17-13-5-3-4-12(16)8-13/h3-10H,1-2H3. The predicted molar refractivity (Wildman–Crippen MR) is 78.3 cm³/mol. The molecule has 19 heavy (non-hydrogen) atoms. The molecular weight excluding hydrogens is 262 g/mol. The average Bonchev–Trinajstić information content (AvgIpc) is 2.45. The smallest absolute Gasteiger partial charge is 0.131 e. The lowest BCUT2D eigenvalue weighted by Crippen LogP contribution is -1.92. The summed E-state index contributed by atoms with van der Waals surface area (Å²) in [6.45, 7) is 0. The zero-order valence-corrected chi connectivity index (χ0v) is 11.5. The molecule has 0 spiro atoms. The molecule has 0 aromatic heterocycles. The third-order valence-corrected chi connectivity index (χ3v) is 2.84. The molecule has 3 nitrogen and oxygen atoms in total. The van der Waals surface area contributed by atoms with Gasteiger partial charge in [-0.1, -0.05) is 17.7 Å². The normalized spacial score (nSPS) is 10.7. The summed E-state index contributed by atoms with van der Waals surface area (Å²) >= 11 is 5.91. The second-order valence-corrected chi connectivity index (χ2v) is 4.28. The fourth-order valence-electron chi connectivity index (χ4n) is 1.63. The van der Waals surface area contributed by atoms with Crippen LogP contribution in [0.25, 0.3) is 0 Å². The van der Waals surface area contributed by atoms with Gasteiger partial charge in [0.15, 0.2) is 0 Å². The van der Waals surface area contributed by atoms with Crippen molar-refractivity contribution in [3.05, 3.63) is 53.1 Å². The Morgan fingerprint density at radius 3 is 2.58 bits per heavy atom. The minimum absolute atomic E-state index is 0.663. The van der Waals surface area contributed by atoms with Crippen LogP contribution in [-0.2, 0) is 0 Å². The van der Waals surface area contributed by atoms with Crippen molar-refractivity contribution in [2.45, 2.75) is 0 Å². The van der Waals surface area contributed by atoms with E-state index in [0.29, 0.717) is 10.8 Å². The van der Waals surface area contributed by atoms with E-state index in [9.17, 15) is 0 Å². The number of methoxy groups -OCH3 is 2. The second-order valence-electron chi connectivity index (χ2n) is 3.85. The zero-order valence-electron chi connectivity index (χ0n) is 10.8. The van der Waals surface area contributed by atoms with E-state index in [-0.39, 0.29) is 0 Å². The van der Waals surface area contributed by atoms with Crippen LogP contribution >= 0.6 is 11.6 Å². The van der Waals surface area contributed by atoms with Crippen LogP contribution < -0.4 is 9.47 Å². The van der Waals surface area contributed by atoms with E-state index in [1.165, 1.54) is 0 Å². The first kappa shape index (κ1) is 13.4.